The third-order valence-electron chi connectivity index (χ3n) is 6.80. The minimum atomic E-state index is -1.03. The van der Waals surface area contributed by atoms with Crippen molar-refractivity contribution in [2.75, 3.05) is 0 Å². The topological polar surface area (TPSA) is 49.4 Å². The number of rotatable bonds is 8. The van der Waals surface area contributed by atoms with Crippen LogP contribution in [0.4, 0.5) is 0 Å². The summed E-state index contributed by atoms with van der Waals surface area (Å²) in [5.41, 5.74) is 4.17. The summed E-state index contributed by atoms with van der Waals surface area (Å²) in [6, 6.07) is 37.6. The molecule has 1 heterocycles. The van der Waals surface area contributed by atoms with Gasteiger partial charge in [-0.15, -0.1) is 11.8 Å². The molecule has 5 heteroatoms. The standard InChI is InChI=1S/C32H30N2O2S/c1-24-17-19-28(20-18-24)37-32(31(36)33-22-25-11-5-2-6-12-25)21-29(35)34(23-26-13-7-3-8-14-26)30(32)27-15-9-4-10-16-27/h2-20,30H,21-23H2,1H3,(H,33,36). The second-order valence-corrected chi connectivity index (χ2v) is 10.9. The lowest BCUT2D eigenvalue weighted by Crippen LogP contribution is -2.48. The van der Waals surface area contributed by atoms with Crippen molar-refractivity contribution in [1.82, 2.24) is 10.2 Å². The van der Waals surface area contributed by atoms with Crippen LogP contribution < -0.4 is 5.32 Å². The van der Waals surface area contributed by atoms with Gasteiger partial charge in [-0.25, -0.2) is 0 Å². The van der Waals surface area contributed by atoms with Crippen LogP contribution in [-0.2, 0) is 22.7 Å². The van der Waals surface area contributed by atoms with Crippen LogP contribution in [-0.4, -0.2) is 21.5 Å². The highest BCUT2D eigenvalue weighted by molar-refractivity contribution is 8.01. The zero-order chi connectivity index (χ0) is 25.7. The number of likely N-dealkylation sites (tertiary alicyclic amines) is 1. The molecule has 1 aliphatic heterocycles. The molecule has 4 nitrogen and oxygen atoms in total. The fourth-order valence-corrected chi connectivity index (χ4v) is 6.38. The van der Waals surface area contributed by atoms with Crippen LogP contribution in [0.2, 0.25) is 0 Å². The molecule has 2 atom stereocenters. The first-order valence-corrected chi connectivity index (χ1v) is 13.3. The van der Waals surface area contributed by atoms with Crippen LogP contribution in [0.5, 0.6) is 0 Å². The maximum Gasteiger partial charge on any atom is 0.239 e. The number of nitrogens with zero attached hydrogens (tertiary/aromatic N) is 1. The van der Waals surface area contributed by atoms with Crippen LogP contribution >= 0.6 is 11.8 Å². The van der Waals surface area contributed by atoms with Gasteiger partial charge in [-0.3, -0.25) is 9.59 Å². The fraction of sp³-hybridized carbons (Fsp3) is 0.188. The Hall–Kier alpha value is -3.83. The minimum absolute atomic E-state index is 0.0211. The lowest BCUT2D eigenvalue weighted by atomic mass is 9.91. The Labute approximate surface area is 222 Å². The Kier molecular flexibility index (Phi) is 7.42. The Balaban J connectivity index is 1.57. The summed E-state index contributed by atoms with van der Waals surface area (Å²) < 4.78 is -1.03. The van der Waals surface area contributed by atoms with E-state index in [-0.39, 0.29) is 18.2 Å². The third-order valence-corrected chi connectivity index (χ3v) is 8.22. The fourth-order valence-electron chi connectivity index (χ4n) is 4.95. The van der Waals surface area contributed by atoms with Gasteiger partial charge in [0.1, 0.15) is 4.75 Å². The molecule has 5 rings (SSSR count). The second-order valence-electron chi connectivity index (χ2n) is 9.47. The van der Waals surface area contributed by atoms with Crippen LogP contribution in [0.25, 0.3) is 0 Å². The Morgan fingerprint density at radius 1 is 0.838 bits per heavy atom. The molecule has 4 aromatic rings. The molecule has 4 aromatic carbocycles. The van der Waals surface area contributed by atoms with Gasteiger partial charge >= 0.3 is 0 Å². The van der Waals surface area contributed by atoms with E-state index in [1.54, 1.807) is 0 Å². The van der Waals surface area contributed by atoms with E-state index in [0.29, 0.717) is 13.1 Å². The van der Waals surface area contributed by atoms with Crippen LogP contribution in [0.1, 0.15) is 34.7 Å². The van der Waals surface area contributed by atoms with Crippen LogP contribution in [0, 0.1) is 6.92 Å². The largest absolute Gasteiger partial charge is 0.351 e. The molecule has 1 aliphatic rings. The van der Waals surface area contributed by atoms with E-state index in [0.717, 1.165) is 27.1 Å². The van der Waals surface area contributed by atoms with E-state index in [4.69, 9.17) is 0 Å². The Bertz CT molecular complexity index is 1340. The van der Waals surface area contributed by atoms with Gasteiger partial charge in [0.25, 0.3) is 0 Å². The molecular weight excluding hydrogens is 476 g/mol. The third kappa shape index (κ3) is 5.47. The van der Waals surface area contributed by atoms with Gasteiger partial charge in [0.2, 0.25) is 11.8 Å². The van der Waals surface area contributed by atoms with Gasteiger partial charge < -0.3 is 10.2 Å². The van der Waals surface area contributed by atoms with Gasteiger partial charge in [0, 0.05) is 18.0 Å². The number of carbonyl (C=O) groups excluding carboxylic acids is 2. The van der Waals surface area contributed by atoms with E-state index >= 15 is 0 Å². The van der Waals surface area contributed by atoms with E-state index < -0.39 is 10.8 Å². The summed E-state index contributed by atoms with van der Waals surface area (Å²) in [5, 5.41) is 3.18. The maximum absolute atomic E-state index is 14.2. The highest BCUT2D eigenvalue weighted by Gasteiger charge is 2.57. The van der Waals surface area contributed by atoms with Crippen molar-refractivity contribution in [3.8, 4) is 0 Å². The zero-order valence-corrected chi connectivity index (χ0v) is 21.7. The van der Waals surface area contributed by atoms with E-state index in [1.807, 2.05) is 127 Å². The van der Waals surface area contributed by atoms with Crippen molar-refractivity contribution in [2.45, 2.75) is 42.1 Å². The number of hydrogen-bond donors (Lipinski definition) is 1. The molecule has 0 spiro atoms. The molecule has 0 radical (unpaired) electrons. The summed E-state index contributed by atoms with van der Waals surface area (Å²) in [5.74, 6) is -0.146. The van der Waals surface area contributed by atoms with E-state index in [2.05, 4.69) is 5.32 Å². The normalized spacial score (nSPS) is 19.1. The van der Waals surface area contributed by atoms with Crippen LogP contribution in [0.3, 0.4) is 0 Å². The number of hydrogen-bond acceptors (Lipinski definition) is 3. The highest BCUT2D eigenvalue weighted by atomic mass is 32.2. The van der Waals surface area contributed by atoms with Gasteiger partial charge in [0.05, 0.1) is 12.5 Å². The number of benzene rings is 4. The van der Waals surface area contributed by atoms with Crippen molar-refractivity contribution in [2.24, 2.45) is 0 Å². The van der Waals surface area contributed by atoms with Gasteiger partial charge in [-0.2, -0.15) is 0 Å². The Morgan fingerprint density at radius 2 is 1.41 bits per heavy atom. The minimum Gasteiger partial charge on any atom is -0.351 e. The molecule has 1 N–H and O–H groups in total. The van der Waals surface area contributed by atoms with Gasteiger partial charge in [0.15, 0.2) is 0 Å². The van der Waals surface area contributed by atoms with Gasteiger partial charge in [-0.1, -0.05) is 109 Å². The van der Waals surface area contributed by atoms with E-state index in [1.165, 1.54) is 11.8 Å². The molecule has 1 saturated heterocycles. The number of thioether (sulfide) groups is 1. The average Bonchev–Trinajstić information content (AvgIpc) is 3.21. The monoisotopic (exact) mass is 506 g/mol. The molecule has 0 aliphatic carbocycles. The molecule has 2 unspecified atom stereocenters. The lowest BCUT2D eigenvalue weighted by molar-refractivity contribution is -0.129. The second kappa shape index (κ2) is 11.1. The van der Waals surface area contributed by atoms with Gasteiger partial charge in [-0.05, 0) is 35.7 Å². The van der Waals surface area contributed by atoms with Crippen molar-refractivity contribution in [3.05, 3.63) is 138 Å². The maximum atomic E-state index is 14.2. The Morgan fingerprint density at radius 3 is 2.03 bits per heavy atom. The summed E-state index contributed by atoms with van der Waals surface area (Å²) in [7, 11) is 0. The SMILES string of the molecule is Cc1ccc(SC2(C(=O)NCc3ccccc3)CC(=O)N(Cc3ccccc3)C2c2ccccc2)cc1. The average molecular weight is 507 g/mol. The molecule has 0 saturated carbocycles. The first kappa shape index (κ1) is 24.8. The molecule has 0 bridgehead atoms. The number of nitrogens with one attached hydrogen (secondary N) is 1. The number of aryl methyl sites for hydroxylation is 1. The molecule has 1 fully saturated rings. The van der Waals surface area contributed by atoms with Crippen molar-refractivity contribution in [3.63, 3.8) is 0 Å². The quantitative estimate of drug-likeness (QED) is 0.304. The highest BCUT2D eigenvalue weighted by Crippen LogP contribution is 2.53. The lowest BCUT2D eigenvalue weighted by Gasteiger charge is -2.36. The van der Waals surface area contributed by atoms with E-state index in [9.17, 15) is 9.59 Å². The molecule has 186 valence electrons. The molecular formula is C32H30N2O2S. The summed E-state index contributed by atoms with van der Waals surface area (Å²) in [4.78, 5) is 30.8. The first-order valence-electron chi connectivity index (χ1n) is 12.5. The summed E-state index contributed by atoms with van der Waals surface area (Å²) in [6.07, 6.45) is 0.124. The first-order chi connectivity index (χ1) is 18.0. The molecule has 0 aromatic heterocycles. The molecule has 37 heavy (non-hydrogen) atoms. The smallest absolute Gasteiger partial charge is 0.239 e. The zero-order valence-electron chi connectivity index (χ0n) is 20.8. The summed E-state index contributed by atoms with van der Waals surface area (Å²) >= 11 is 1.50. The van der Waals surface area contributed by atoms with Crippen LogP contribution in [0.15, 0.2) is 120 Å². The number of amides is 2. The molecule has 2 amide bonds. The predicted octanol–water partition coefficient (Wildman–Crippen LogP) is 6.32. The number of carbonyl (C=O) groups is 2. The summed E-state index contributed by atoms with van der Waals surface area (Å²) in [6.45, 7) is 2.90. The van der Waals surface area contributed by atoms with Crippen molar-refractivity contribution in [1.29, 1.82) is 0 Å². The van der Waals surface area contributed by atoms with Crippen molar-refractivity contribution >= 4 is 23.6 Å². The predicted molar refractivity (Wildman–Crippen MR) is 149 cm³/mol. The van der Waals surface area contributed by atoms with Crippen molar-refractivity contribution < 1.29 is 9.59 Å².